The molecule has 2 bridgehead atoms. The second-order valence-electron chi connectivity index (χ2n) is 7.77. The normalized spacial score (nSPS) is 35.6. The van der Waals surface area contributed by atoms with E-state index in [4.69, 9.17) is 5.73 Å². The van der Waals surface area contributed by atoms with Crippen LogP contribution < -0.4 is 5.73 Å². The van der Waals surface area contributed by atoms with Gasteiger partial charge in [-0.15, -0.1) is 0 Å². The number of halogens is 3. The summed E-state index contributed by atoms with van der Waals surface area (Å²) in [5.74, 6) is 1.06. The van der Waals surface area contributed by atoms with Crippen molar-refractivity contribution in [1.82, 2.24) is 9.80 Å². The van der Waals surface area contributed by atoms with Gasteiger partial charge in [-0.25, -0.2) is 0 Å². The Labute approximate surface area is 141 Å². The predicted octanol–water partition coefficient (Wildman–Crippen LogP) is 2.24. The lowest BCUT2D eigenvalue weighted by Gasteiger charge is -2.44. The first-order chi connectivity index (χ1) is 11.3. The van der Waals surface area contributed by atoms with Gasteiger partial charge in [0.25, 0.3) is 0 Å². The largest absolute Gasteiger partial charge is 0.401 e. The van der Waals surface area contributed by atoms with Crippen LogP contribution in [-0.4, -0.2) is 60.6 Å². The van der Waals surface area contributed by atoms with Crippen molar-refractivity contribution in [3.05, 3.63) is 0 Å². The molecule has 0 aromatic heterocycles. The van der Waals surface area contributed by atoms with Gasteiger partial charge in [0, 0.05) is 38.1 Å². The van der Waals surface area contributed by atoms with Gasteiger partial charge in [0.1, 0.15) is 0 Å². The van der Waals surface area contributed by atoms with Crippen LogP contribution in [0.5, 0.6) is 0 Å². The average molecular weight is 347 g/mol. The van der Waals surface area contributed by atoms with Crippen LogP contribution in [0.1, 0.15) is 38.5 Å². The predicted molar refractivity (Wildman–Crippen MR) is 85.2 cm³/mol. The number of nitrogens with zero attached hydrogens (tertiary/aromatic N) is 2. The fraction of sp³-hybridized carbons (Fsp3) is 0.941. The van der Waals surface area contributed by atoms with Crippen molar-refractivity contribution >= 4 is 5.91 Å². The van der Waals surface area contributed by atoms with Crippen molar-refractivity contribution in [3.8, 4) is 0 Å². The van der Waals surface area contributed by atoms with Gasteiger partial charge in [-0.05, 0) is 43.9 Å². The molecule has 2 saturated carbocycles. The van der Waals surface area contributed by atoms with Crippen molar-refractivity contribution < 1.29 is 18.0 Å². The van der Waals surface area contributed by atoms with Gasteiger partial charge in [-0.1, -0.05) is 6.42 Å². The summed E-state index contributed by atoms with van der Waals surface area (Å²) in [6, 6.07) is 0.231. The molecule has 7 heteroatoms. The second-order valence-corrected chi connectivity index (χ2v) is 7.77. The molecule has 1 heterocycles. The molecule has 3 rings (SSSR count). The molecule has 2 N–H and O–H groups in total. The van der Waals surface area contributed by atoms with E-state index in [1.165, 1.54) is 11.3 Å². The Morgan fingerprint density at radius 3 is 2.29 bits per heavy atom. The Balaban J connectivity index is 1.56. The van der Waals surface area contributed by atoms with E-state index in [-0.39, 0.29) is 17.9 Å². The van der Waals surface area contributed by atoms with Crippen molar-refractivity contribution in [1.29, 1.82) is 0 Å². The van der Waals surface area contributed by atoms with Crippen LogP contribution >= 0.6 is 0 Å². The van der Waals surface area contributed by atoms with E-state index in [0.29, 0.717) is 44.4 Å². The number of fused-ring (bicyclic) bond motifs is 2. The molecule has 1 saturated heterocycles. The molecule has 1 amide bonds. The number of nitrogens with two attached hydrogens (primary N) is 1. The average Bonchev–Trinajstić information content (AvgIpc) is 2.70. The lowest BCUT2D eigenvalue weighted by Crippen LogP contribution is -2.50. The van der Waals surface area contributed by atoms with Crippen molar-refractivity contribution in [2.24, 2.45) is 23.5 Å². The first-order valence-electron chi connectivity index (χ1n) is 9.17. The summed E-state index contributed by atoms with van der Waals surface area (Å²) in [5, 5.41) is 0. The summed E-state index contributed by atoms with van der Waals surface area (Å²) in [7, 11) is 0. The van der Waals surface area contributed by atoms with Crippen LogP contribution in [0.3, 0.4) is 0 Å². The maximum absolute atomic E-state index is 12.9. The number of hydrogen-bond donors (Lipinski definition) is 1. The quantitative estimate of drug-likeness (QED) is 0.833. The smallest absolute Gasteiger partial charge is 0.341 e. The first kappa shape index (κ1) is 18.0. The highest BCUT2D eigenvalue weighted by Crippen LogP contribution is 2.42. The third-order valence-electron chi connectivity index (χ3n) is 6.07. The van der Waals surface area contributed by atoms with E-state index in [1.807, 2.05) is 0 Å². The maximum Gasteiger partial charge on any atom is 0.401 e. The van der Waals surface area contributed by atoms with Crippen molar-refractivity contribution in [3.63, 3.8) is 0 Å². The number of rotatable bonds is 2. The fourth-order valence-corrected chi connectivity index (χ4v) is 4.85. The number of carbonyl (C=O) groups is 1. The Morgan fingerprint density at radius 1 is 1.00 bits per heavy atom. The van der Waals surface area contributed by atoms with Crippen LogP contribution in [0.4, 0.5) is 13.2 Å². The molecule has 4 nitrogen and oxygen atoms in total. The van der Waals surface area contributed by atoms with Crippen LogP contribution in [-0.2, 0) is 4.79 Å². The number of carbonyl (C=O) groups excluding carboxylic acids is 1. The number of amides is 1. The van der Waals surface area contributed by atoms with E-state index in [2.05, 4.69) is 0 Å². The molecular weight excluding hydrogens is 319 g/mol. The minimum atomic E-state index is -4.17. The second kappa shape index (κ2) is 7.20. The van der Waals surface area contributed by atoms with Gasteiger partial charge in [0.15, 0.2) is 0 Å². The first-order valence-corrected chi connectivity index (χ1v) is 9.17. The minimum Gasteiger partial charge on any atom is -0.341 e. The van der Waals surface area contributed by atoms with Crippen LogP contribution in [0, 0.1) is 17.8 Å². The molecule has 0 spiro atoms. The molecule has 2 aliphatic carbocycles. The van der Waals surface area contributed by atoms with Crippen LogP contribution in [0.2, 0.25) is 0 Å². The number of hydrogen-bond acceptors (Lipinski definition) is 3. The van der Waals surface area contributed by atoms with Gasteiger partial charge < -0.3 is 10.6 Å². The number of alkyl halides is 3. The monoisotopic (exact) mass is 347 g/mol. The van der Waals surface area contributed by atoms with Crippen molar-refractivity contribution in [2.75, 3.05) is 32.7 Å². The van der Waals surface area contributed by atoms with E-state index >= 15 is 0 Å². The Hall–Kier alpha value is -0.820. The van der Waals surface area contributed by atoms with Crippen molar-refractivity contribution in [2.45, 2.75) is 50.7 Å². The molecular formula is C17H28F3N3O. The van der Waals surface area contributed by atoms with Gasteiger partial charge >= 0.3 is 6.18 Å². The zero-order valence-corrected chi connectivity index (χ0v) is 14.1. The van der Waals surface area contributed by atoms with Gasteiger partial charge in [-0.2, -0.15) is 13.2 Å². The molecule has 138 valence electrons. The zero-order valence-electron chi connectivity index (χ0n) is 14.1. The summed E-state index contributed by atoms with van der Waals surface area (Å²) < 4.78 is 37.7. The van der Waals surface area contributed by atoms with E-state index in [9.17, 15) is 18.0 Å². The van der Waals surface area contributed by atoms with Crippen LogP contribution in [0.25, 0.3) is 0 Å². The summed E-state index contributed by atoms with van der Waals surface area (Å²) in [6.45, 7) is 0.823. The van der Waals surface area contributed by atoms with E-state index in [1.54, 1.807) is 4.90 Å². The highest BCUT2D eigenvalue weighted by atomic mass is 19.4. The lowest BCUT2D eigenvalue weighted by molar-refractivity contribution is -0.145. The molecule has 2 unspecified atom stereocenters. The molecule has 24 heavy (non-hydrogen) atoms. The standard InChI is InChI=1S/C17H28F3N3O/c18-17(19,20)11-22-5-2-6-23(8-7-22)16(24)14-9-12-3-1-4-13(10-14)15(12)21/h12-15H,1-11,21H2. The molecule has 0 radical (unpaired) electrons. The molecule has 2 atom stereocenters. The Morgan fingerprint density at radius 2 is 1.67 bits per heavy atom. The summed E-state index contributed by atoms with van der Waals surface area (Å²) >= 11 is 0. The lowest BCUT2D eigenvalue weighted by atomic mass is 9.65. The zero-order chi connectivity index (χ0) is 17.3. The minimum absolute atomic E-state index is 0.0225. The third kappa shape index (κ3) is 4.23. The third-order valence-corrected chi connectivity index (χ3v) is 6.07. The van der Waals surface area contributed by atoms with E-state index in [0.717, 1.165) is 25.7 Å². The highest BCUT2D eigenvalue weighted by Gasteiger charge is 2.42. The van der Waals surface area contributed by atoms with Crippen LogP contribution in [0.15, 0.2) is 0 Å². The fourth-order valence-electron chi connectivity index (χ4n) is 4.85. The highest BCUT2D eigenvalue weighted by molar-refractivity contribution is 5.79. The molecule has 1 aliphatic heterocycles. The maximum atomic E-state index is 12.9. The Kier molecular flexibility index (Phi) is 5.39. The molecule has 3 aliphatic rings. The van der Waals surface area contributed by atoms with Gasteiger partial charge in [-0.3, -0.25) is 9.69 Å². The van der Waals surface area contributed by atoms with E-state index < -0.39 is 12.7 Å². The summed E-state index contributed by atoms with van der Waals surface area (Å²) in [6.07, 6.45) is 1.59. The Bertz CT molecular complexity index is 443. The SMILES string of the molecule is NC1C2CCCC1CC(C(=O)N1CCCN(CC(F)(F)F)CC1)C2. The summed E-state index contributed by atoms with van der Waals surface area (Å²) in [5.41, 5.74) is 6.29. The molecule has 0 aromatic carbocycles. The van der Waals surface area contributed by atoms with Gasteiger partial charge in [0.2, 0.25) is 5.91 Å². The molecule has 3 fully saturated rings. The molecule has 0 aromatic rings. The van der Waals surface area contributed by atoms with Gasteiger partial charge in [0.05, 0.1) is 6.54 Å². The topological polar surface area (TPSA) is 49.6 Å². The summed E-state index contributed by atoms with van der Waals surface area (Å²) in [4.78, 5) is 16.1.